The van der Waals surface area contributed by atoms with Crippen molar-refractivity contribution in [1.29, 1.82) is 0 Å². The van der Waals surface area contributed by atoms with Crippen LogP contribution in [-0.2, 0) is 0 Å². The van der Waals surface area contributed by atoms with Crippen LogP contribution in [0.2, 0.25) is 5.15 Å². The quantitative estimate of drug-likeness (QED) is 0.664. The molecule has 0 aliphatic rings. The molecule has 0 fully saturated rings. The van der Waals surface area contributed by atoms with Crippen LogP contribution >= 0.6 is 11.6 Å². The van der Waals surface area contributed by atoms with Crippen molar-refractivity contribution < 1.29 is 27.9 Å². The van der Waals surface area contributed by atoms with Crippen LogP contribution in [0.15, 0.2) is 12.1 Å². The Bertz CT molecular complexity index is 582. The number of carbonyl (C=O) groups is 2. The summed E-state index contributed by atoms with van der Waals surface area (Å²) in [5, 5.41) is 8.99. The third-order valence-electron chi connectivity index (χ3n) is 2.42. The molecule has 9 heteroatoms. The maximum Gasteiger partial charge on any atom is 0.455 e. The van der Waals surface area contributed by atoms with Gasteiger partial charge in [0.2, 0.25) is 0 Å². The number of carboxylic acid groups (broad SMARTS) is 1. The molecule has 0 atom stereocenters. The fourth-order valence-electron chi connectivity index (χ4n) is 1.62. The number of alkyl halides is 3. The van der Waals surface area contributed by atoms with Crippen LogP contribution in [0, 0.1) is 0 Å². The molecular weight excluding hydrogens is 313 g/mol. The Morgan fingerprint density at radius 3 is 2.14 bits per heavy atom. The zero-order chi connectivity index (χ0) is 16.6. The first-order valence-corrected chi connectivity index (χ1v) is 6.04. The second kappa shape index (κ2) is 5.51. The molecule has 1 amide bonds. The summed E-state index contributed by atoms with van der Waals surface area (Å²) in [6, 6.07) is 1.80. The Hall–Kier alpha value is -1.83. The van der Waals surface area contributed by atoms with Gasteiger partial charge in [0.1, 0.15) is 5.15 Å². The van der Waals surface area contributed by atoms with Crippen molar-refractivity contribution in [3.05, 3.63) is 22.8 Å². The monoisotopic (exact) mass is 324 g/mol. The standard InChI is InChI=1S/C12H12ClF3N2O3/c1-11(2,3)18(10(20)21)9-6(4-5-7(13)17-9)8(19)12(14,15)16/h4-5H,1-3H3,(H,20,21). The molecule has 1 aromatic rings. The van der Waals surface area contributed by atoms with Gasteiger partial charge in [-0.15, -0.1) is 0 Å². The van der Waals surface area contributed by atoms with Gasteiger partial charge in [0, 0.05) is 5.54 Å². The van der Waals surface area contributed by atoms with Gasteiger partial charge in [-0.2, -0.15) is 13.2 Å². The first-order valence-electron chi connectivity index (χ1n) is 5.67. The van der Waals surface area contributed by atoms with E-state index in [4.69, 9.17) is 11.6 Å². The molecule has 0 radical (unpaired) electrons. The highest BCUT2D eigenvalue weighted by Gasteiger charge is 2.43. The maximum absolute atomic E-state index is 12.6. The van der Waals surface area contributed by atoms with E-state index in [2.05, 4.69) is 4.98 Å². The lowest BCUT2D eigenvalue weighted by Gasteiger charge is -2.33. The lowest BCUT2D eigenvalue weighted by molar-refractivity contribution is -0.0885. The van der Waals surface area contributed by atoms with Crippen molar-refractivity contribution >= 4 is 29.3 Å². The molecule has 0 aromatic carbocycles. The molecule has 21 heavy (non-hydrogen) atoms. The van der Waals surface area contributed by atoms with Gasteiger partial charge >= 0.3 is 12.3 Å². The summed E-state index contributed by atoms with van der Waals surface area (Å²) in [6.07, 6.45) is -6.69. The normalized spacial score (nSPS) is 12.1. The number of pyridine rings is 1. The zero-order valence-electron chi connectivity index (χ0n) is 11.3. The number of rotatable bonds is 2. The van der Waals surface area contributed by atoms with Gasteiger partial charge in [-0.1, -0.05) is 11.6 Å². The number of carbonyl (C=O) groups excluding carboxylic acids is 1. The third-order valence-corrected chi connectivity index (χ3v) is 2.63. The number of hydrogen-bond acceptors (Lipinski definition) is 3. The van der Waals surface area contributed by atoms with Gasteiger partial charge in [-0.3, -0.25) is 9.69 Å². The molecule has 0 aliphatic heterocycles. The van der Waals surface area contributed by atoms with E-state index in [0.29, 0.717) is 4.90 Å². The number of nitrogens with zero attached hydrogens (tertiary/aromatic N) is 2. The summed E-state index contributed by atoms with van der Waals surface area (Å²) in [6.45, 7) is 4.35. The lowest BCUT2D eigenvalue weighted by Crippen LogP contribution is -2.46. The van der Waals surface area contributed by atoms with Crippen molar-refractivity contribution in [2.45, 2.75) is 32.5 Å². The molecule has 1 aromatic heterocycles. The van der Waals surface area contributed by atoms with Crippen molar-refractivity contribution in [3.8, 4) is 0 Å². The minimum atomic E-state index is -5.15. The molecule has 1 heterocycles. The lowest BCUT2D eigenvalue weighted by atomic mass is 10.0. The predicted molar refractivity (Wildman–Crippen MR) is 69.9 cm³/mol. The Kier molecular flexibility index (Phi) is 4.52. The smallest absolute Gasteiger partial charge is 0.455 e. The van der Waals surface area contributed by atoms with E-state index in [1.165, 1.54) is 20.8 Å². The minimum absolute atomic E-state index is 0.223. The van der Waals surface area contributed by atoms with Crippen molar-refractivity contribution in [2.75, 3.05) is 4.90 Å². The molecule has 0 aliphatic carbocycles. The second-order valence-electron chi connectivity index (χ2n) is 5.12. The van der Waals surface area contributed by atoms with Crippen LogP contribution in [0.3, 0.4) is 0 Å². The van der Waals surface area contributed by atoms with E-state index in [-0.39, 0.29) is 5.15 Å². The van der Waals surface area contributed by atoms with E-state index in [0.717, 1.165) is 12.1 Å². The first-order chi connectivity index (χ1) is 9.35. The first kappa shape index (κ1) is 17.2. The molecule has 0 saturated carbocycles. The molecule has 1 rings (SSSR count). The summed E-state index contributed by atoms with van der Waals surface area (Å²) < 4.78 is 37.8. The van der Waals surface area contributed by atoms with Crippen LogP contribution < -0.4 is 4.90 Å². The van der Waals surface area contributed by atoms with Crippen molar-refractivity contribution in [3.63, 3.8) is 0 Å². The van der Waals surface area contributed by atoms with Gasteiger partial charge in [0.25, 0.3) is 5.78 Å². The van der Waals surface area contributed by atoms with Crippen molar-refractivity contribution in [1.82, 2.24) is 4.98 Å². The number of Topliss-reactive ketones (excluding diaryl/α,β-unsaturated/α-hetero) is 1. The molecule has 5 nitrogen and oxygen atoms in total. The molecule has 116 valence electrons. The largest absolute Gasteiger partial charge is 0.465 e. The van der Waals surface area contributed by atoms with Crippen LogP contribution in [0.4, 0.5) is 23.8 Å². The van der Waals surface area contributed by atoms with Gasteiger partial charge < -0.3 is 5.11 Å². The van der Waals surface area contributed by atoms with Crippen molar-refractivity contribution in [2.24, 2.45) is 0 Å². The second-order valence-corrected chi connectivity index (χ2v) is 5.51. The van der Waals surface area contributed by atoms with Gasteiger partial charge in [0.05, 0.1) is 5.56 Å². The van der Waals surface area contributed by atoms with E-state index >= 15 is 0 Å². The van der Waals surface area contributed by atoms with Gasteiger partial charge in [0.15, 0.2) is 5.82 Å². The molecular formula is C12H12ClF3N2O3. The molecule has 1 N–H and O–H groups in total. The zero-order valence-corrected chi connectivity index (χ0v) is 12.1. The molecule has 0 unspecified atom stereocenters. The number of anilines is 1. The number of amides is 1. The van der Waals surface area contributed by atoms with Gasteiger partial charge in [-0.05, 0) is 32.9 Å². The topological polar surface area (TPSA) is 70.5 Å². The highest BCUT2D eigenvalue weighted by Crippen LogP contribution is 2.31. The summed E-state index contributed by atoms with van der Waals surface area (Å²) in [7, 11) is 0. The van der Waals surface area contributed by atoms with Crippen LogP contribution in [0.5, 0.6) is 0 Å². The Morgan fingerprint density at radius 2 is 1.76 bits per heavy atom. The Balaban J connectivity index is 3.57. The third kappa shape index (κ3) is 3.84. The number of ketones is 1. The molecule has 0 bridgehead atoms. The van der Waals surface area contributed by atoms with Crippen LogP contribution in [0.1, 0.15) is 31.1 Å². The van der Waals surface area contributed by atoms with Crippen LogP contribution in [0.25, 0.3) is 0 Å². The number of halogens is 4. The number of hydrogen-bond donors (Lipinski definition) is 1. The Morgan fingerprint density at radius 1 is 1.24 bits per heavy atom. The SMILES string of the molecule is CC(C)(C)N(C(=O)O)c1nc(Cl)ccc1C(=O)C(F)(F)F. The molecule has 0 saturated heterocycles. The number of aromatic nitrogens is 1. The van der Waals surface area contributed by atoms with Gasteiger partial charge in [-0.25, -0.2) is 9.78 Å². The highest BCUT2D eigenvalue weighted by atomic mass is 35.5. The van der Waals surface area contributed by atoms with E-state index in [9.17, 15) is 27.9 Å². The summed E-state index contributed by atoms with van der Waals surface area (Å²) in [5.74, 6) is -2.83. The average Bonchev–Trinajstić information content (AvgIpc) is 2.24. The minimum Gasteiger partial charge on any atom is -0.465 e. The van der Waals surface area contributed by atoms with E-state index < -0.39 is 35.0 Å². The average molecular weight is 325 g/mol. The maximum atomic E-state index is 12.6. The van der Waals surface area contributed by atoms with E-state index in [1.807, 2.05) is 0 Å². The van der Waals surface area contributed by atoms with Crippen LogP contribution in [-0.4, -0.2) is 33.7 Å². The van der Waals surface area contributed by atoms with E-state index in [1.54, 1.807) is 0 Å². The molecule has 0 spiro atoms. The summed E-state index contributed by atoms with van der Waals surface area (Å²) in [4.78, 5) is 26.9. The summed E-state index contributed by atoms with van der Waals surface area (Å²) >= 11 is 5.61. The fraction of sp³-hybridized carbons (Fsp3) is 0.417. The fourth-order valence-corrected chi connectivity index (χ4v) is 1.76. The predicted octanol–water partition coefficient (Wildman–Crippen LogP) is 3.76. The highest BCUT2D eigenvalue weighted by molar-refractivity contribution is 6.29. The summed E-state index contributed by atoms with van der Waals surface area (Å²) in [5.41, 5.74) is -1.99. The Labute approximate surface area is 123 Å².